The molecule has 0 radical (unpaired) electrons. The Morgan fingerprint density at radius 3 is 2.11 bits per heavy atom. The van der Waals surface area contributed by atoms with Gasteiger partial charge in [0.05, 0.1) is 17.8 Å². The fraction of sp³-hybridized carbons (Fsp3) is 0.214. The molecular formula is C28H28N4O3. The fourth-order valence-corrected chi connectivity index (χ4v) is 3.88. The van der Waals surface area contributed by atoms with E-state index in [1.165, 1.54) is 11.8 Å². The quantitative estimate of drug-likeness (QED) is 0.511. The van der Waals surface area contributed by atoms with Gasteiger partial charge in [0.2, 0.25) is 5.91 Å². The van der Waals surface area contributed by atoms with Gasteiger partial charge in [-0.3, -0.25) is 24.3 Å². The van der Waals surface area contributed by atoms with Gasteiger partial charge in [-0.15, -0.1) is 0 Å². The third-order valence-corrected chi connectivity index (χ3v) is 5.73. The zero-order valence-corrected chi connectivity index (χ0v) is 20.3. The molecule has 1 aliphatic heterocycles. The van der Waals surface area contributed by atoms with Gasteiger partial charge in [-0.1, -0.05) is 51.1 Å². The first-order chi connectivity index (χ1) is 16.6. The number of aromatic nitrogens is 1. The van der Waals surface area contributed by atoms with Gasteiger partial charge in [0.1, 0.15) is 5.70 Å². The van der Waals surface area contributed by atoms with Gasteiger partial charge in [0.15, 0.2) is 0 Å². The summed E-state index contributed by atoms with van der Waals surface area (Å²) in [6.07, 6.45) is 1.63. The average molecular weight is 469 g/mol. The minimum absolute atomic E-state index is 0.00274. The predicted octanol–water partition coefficient (Wildman–Crippen LogP) is 4.73. The van der Waals surface area contributed by atoms with E-state index < -0.39 is 11.8 Å². The first kappa shape index (κ1) is 23.9. The van der Waals surface area contributed by atoms with E-state index in [0.29, 0.717) is 22.6 Å². The van der Waals surface area contributed by atoms with E-state index in [-0.39, 0.29) is 29.1 Å². The zero-order chi connectivity index (χ0) is 25.2. The Morgan fingerprint density at radius 2 is 1.54 bits per heavy atom. The normalized spacial score (nSPS) is 13.9. The Morgan fingerprint density at radius 1 is 0.886 bits per heavy atom. The van der Waals surface area contributed by atoms with Crippen LogP contribution >= 0.6 is 0 Å². The number of carbonyl (C=O) groups is 3. The first-order valence-corrected chi connectivity index (χ1v) is 11.4. The Hall–Kier alpha value is -4.26. The summed E-state index contributed by atoms with van der Waals surface area (Å²) in [5.74, 6) is -1.00. The molecule has 3 amide bonds. The topological polar surface area (TPSA) is 91.4 Å². The van der Waals surface area contributed by atoms with Gasteiger partial charge in [0, 0.05) is 24.5 Å². The third-order valence-electron chi connectivity index (χ3n) is 5.73. The van der Waals surface area contributed by atoms with Crippen LogP contribution in [-0.2, 0) is 26.3 Å². The summed E-state index contributed by atoms with van der Waals surface area (Å²) < 4.78 is 0. The van der Waals surface area contributed by atoms with Crippen molar-refractivity contribution < 1.29 is 14.4 Å². The summed E-state index contributed by atoms with van der Waals surface area (Å²) in [7, 11) is 0. The lowest BCUT2D eigenvalue weighted by Crippen LogP contribution is -2.32. The van der Waals surface area contributed by atoms with E-state index in [1.807, 2.05) is 30.3 Å². The third kappa shape index (κ3) is 5.30. The first-order valence-electron chi connectivity index (χ1n) is 11.4. The van der Waals surface area contributed by atoms with Crippen molar-refractivity contribution in [1.82, 2.24) is 9.88 Å². The van der Waals surface area contributed by atoms with Crippen molar-refractivity contribution in [3.8, 4) is 0 Å². The number of imide groups is 1. The molecule has 1 aliphatic rings. The van der Waals surface area contributed by atoms with Crippen LogP contribution in [0.3, 0.4) is 0 Å². The summed E-state index contributed by atoms with van der Waals surface area (Å²) in [5, 5.41) is 5.90. The molecule has 0 fully saturated rings. The highest BCUT2D eigenvalue weighted by Gasteiger charge is 2.39. The maximum atomic E-state index is 13.5. The minimum Gasteiger partial charge on any atom is -0.350 e. The number of carbonyl (C=O) groups excluding carboxylic acids is 3. The van der Waals surface area contributed by atoms with Crippen LogP contribution in [0.4, 0.5) is 11.4 Å². The summed E-state index contributed by atoms with van der Waals surface area (Å²) in [5.41, 5.74) is 4.16. The van der Waals surface area contributed by atoms with Crippen LogP contribution in [0.2, 0.25) is 0 Å². The number of nitrogens with one attached hydrogen (secondary N) is 2. The Labute approximate surface area is 204 Å². The number of anilines is 2. The highest BCUT2D eigenvalue weighted by molar-refractivity contribution is 6.36. The molecule has 0 aliphatic carbocycles. The van der Waals surface area contributed by atoms with Crippen molar-refractivity contribution in [3.05, 3.63) is 95.4 Å². The Kier molecular flexibility index (Phi) is 6.51. The standard InChI is InChI=1S/C28H28N4O3/c1-18(33)30-21-12-8-19(9-13-21)24-25(31-22-14-10-20(11-15-22)28(2,3)4)27(35)32(26(24)34)17-23-7-5-6-16-29-23/h5-16,31H,17H2,1-4H3,(H,30,33). The van der Waals surface area contributed by atoms with Gasteiger partial charge < -0.3 is 10.6 Å². The number of rotatable bonds is 6. The van der Waals surface area contributed by atoms with Crippen molar-refractivity contribution in [3.63, 3.8) is 0 Å². The highest BCUT2D eigenvalue weighted by atomic mass is 16.2. The largest absolute Gasteiger partial charge is 0.350 e. The number of pyridine rings is 1. The molecule has 2 heterocycles. The van der Waals surface area contributed by atoms with Crippen LogP contribution in [0, 0.1) is 0 Å². The molecule has 4 rings (SSSR count). The predicted molar refractivity (Wildman–Crippen MR) is 136 cm³/mol. The van der Waals surface area contributed by atoms with Gasteiger partial charge in [-0.25, -0.2) is 0 Å². The second-order valence-corrected chi connectivity index (χ2v) is 9.48. The van der Waals surface area contributed by atoms with Gasteiger partial charge in [-0.05, 0) is 52.9 Å². The van der Waals surface area contributed by atoms with Crippen molar-refractivity contribution in [1.29, 1.82) is 0 Å². The molecule has 178 valence electrons. The molecule has 2 aromatic carbocycles. The van der Waals surface area contributed by atoms with Crippen molar-refractivity contribution >= 4 is 34.7 Å². The van der Waals surface area contributed by atoms with E-state index in [4.69, 9.17) is 0 Å². The number of amides is 3. The molecule has 2 N–H and O–H groups in total. The molecule has 0 spiro atoms. The molecule has 3 aromatic rings. The van der Waals surface area contributed by atoms with Crippen molar-refractivity contribution in [2.24, 2.45) is 0 Å². The fourth-order valence-electron chi connectivity index (χ4n) is 3.88. The molecule has 7 heteroatoms. The summed E-state index contributed by atoms with van der Waals surface area (Å²) in [4.78, 5) is 43.8. The molecular weight excluding hydrogens is 440 g/mol. The maximum absolute atomic E-state index is 13.5. The lowest BCUT2D eigenvalue weighted by molar-refractivity contribution is -0.137. The molecule has 0 saturated heterocycles. The van der Waals surface area contributed by atoms with E-state index in [0.717, 1.165) is 5.56 Å². The molecule has 0 atom stereocenters. The van der Waals surface area contributed by atoms with E-state index in [1.54, 1.807) is 42.6 Å². The lowest BCUT2D eigenvalue weighted by atomic mass is 9.87. The number of hydrogen-bond acceptors (Lipinski definition) is 5. The smallest absolute Gasteiger partial charge is 0.278 e. The molecule has 35 heavy (non-hydrogen) atoms. The molecule has 0 bridgehead atoms. The second-order valence-electron chi connectivity index (χ2n) is 9.48. The Bertz CT molecular complexity index is 1290. The van der Waals surface area contributed by atoms with Gasteiger partial charge in [-0.2, -0.15) is 0 Å². The van der Waals surface area contributed by atoms with Crippen molar-refractivity contribution in [2.45, 2.75) is 39.7 Å². The van der Waals surface area contributed by atoms with E-state index in [9.17, 15) is 14.4 Å². The van der Waals surface area contributed by atoms with Crippen LogP contribution in [0.1, 0.15) is 44.5 Å². The number of hydrogen-bond donors (Lipinski definition) is 2. The van der Waals surface area contributed by atoms with Crippen LogP contribution in [0.25, 0.3) is 5.57 Å². The van der Waals surface area contributed by atoms with E-state index >= 15 is 0 Å². The van der Waals surface area contributed by atoms with Crippen LogP contribution < -0.4 is 10.6 Å². The van der Waals surface area contributed by atoms with E-state index in [2.05, 4.69) is 36.4 Å². The molecule has 7 nitrogen and oxygen atoms in total. The highest BCUT2D eigenvalue weighted by Crippen LogP contribution is 2.32. The summed E-state index contributed by atoms with van der Waals surface area (Å²) in [6, 6.07) is 20.1. The van der Waals surface area contributed by atoms with Crippen LogP contribution in [-0.4, -0.2) is 27.6 Å². The van der Waals surface area contributed by atoms with Crippen LogP contribution in [0.15, 0.2) is 78.6 Å². The zero-order valence-electron chi connectivity index (χ0n) is 20.3. The van der Waals surface area contributed by atoms with Gasteiger partial charge in [0.25, 0.3) is 11.8 Å². The van der Waals surface area contributed by atoms with Gasteiger partial charge >= 0.3 is 0 Å². The number of benzene rings is 2. The minimum atomic E-state index is -0.415. The summed E-state index contributed by atoms with van der Waals surface area (Å²) in [6.45, 7) is 7.90. The second kappa shape index (κ2) is 9.54. The maximum Gasteiger partial charge on any atom is 0.278 e. The number of nitrogens with zero attached hydrogens (tertiary/aromatic N) is 2. The SMILES string of the molecule is CC(=O)Nc1ccc(C2=C(Nc3ccc(C(C)(C)C)cc3)C(=O)N(Cc3ccccn3)C2=O)cc1. The van der Waals surface area contributed by atoms with Crippen molar-refractivity contribution in [2.75, 3.05) is 10.6 Å². The Balaban J connectivity index is 1.70. The molecule has 0 saturated carbocycles. The monoisotopic (exact) mass is 468 g/mol. The molecule has 1 aromatic heterocycles. The average Bonchev–Trinajstić information content (AvgIpc) is 3.04. The van der Waals surface area contributed by atoms with Crippen LogP contribution in [0.5, 0.6) is 0 Å². The summed E-state index contributed by atoms with van der Waals surface area (Å²) >= 11 is 0. The molecule has 0 unspecified atom stereocenters. The lowest BCUT2D eigenvalue weighted by Gasteiger charge is -2.19.